The fourth-order valence-electron chi connectivity index (χ4n) is 2.68. The molecule has 1 aliphatic rings. The minimum absolute atomic E-state index is 0.0368. The number of ether oxygens (including phenoxy) is 1. The van der Waals surface area contributed by atoms with Crippen molar-refractivity contribution >= 4 is 40.9 Å². The van der Waals surface area contributed by atoms with Gasteiger partial charge in [0.2, 0.25) is 0 Å². The van der Waals surface area contributed by atoms with Crippen LogP contribution in [-0.4, -0.2) is 23.5 Å². The molecule has 0 aromatic heterocycles. The predicted molar refractivity (Wildman–Crippen MR) is 105 cm³/mol. The minimum atomic E-state index is -0.500. The van der Waals surface area contributed by atoms with Crippen LogP contribution in [0, 0.1) is 6.92 Å². The van der Waals surface area contributed by atoms with E-state index in [2.05, 4.69) is 5.32 Å². The van der Waals surface area contributed by atoms with Crippen LogP contribution in [0.5, 0.6) is 5.75 Å². The molecule has 1 heterocycles. The van der Waals surface area contributed by atoms with Gasteiger partial charge in [-0.2, -0.15) is 0 Å². The zero-order valence-electron chi connectivity index (χ0n) is 14.5. The summed E-state index contributed by atoms with van der Waals surface area (Å²) in [5, 5.41) is 2.64. The Labute approximate surface area is 157 Å². The van der Waals surface area contributed by atoms with Crippen molar-refractivity contribution in [3.8, 4) is 5.75 Å². The number of benzene rings is 2. The largest absolute Gasteiger partial charge is 0.494 e. The lowest BCUT2D eigenvalue weighted by molar-refractivity contribution is -0.122. The summed E-state index contributed by atoms with van der Waals surface area (Å²) < 4.78 is 5.48. The molecule has 0 spiro atoms. The molecule has 1 N–H and O–H groups in total. The molecule has 0 radical (unpaired) electrons. The zero-order valence-corrected chi connectivity index (χ0v) is 15.3. The van der Waals surface area contributed by atoms with Gasteiger partial charge >= 0.3 is 0 Å². The maximum Gasteiger partial charge on any atom is 0.270 e. The van der Waals surface area contributed by atoms with E-state index in [9.17, 15) is 9.59 Å². The molecular weight excluding hydrogens is 348 g/mol. The van der Waals surface area contributed by atoms with Gasteiger partial charge in [0.1, 0.15) is 11.3 Å². The molecule has 26 heavy (non-hydrogen) atoms. The lowest BCUT2D eigenvalue weighted by Gasteiger charge is -2.29. The second kappa shape index (κ2) is 7.49. The van der Waals surface area contributed by atoms with E-state index in [4.69, 9.17) is 17.0 Å². The molecule has 0 saturated carbocycles. The third-order valence-electron chi connectivity index (χ3n) is 3.98. The molecule has 6 heteroatoms. The summed E-state index contributed by atoms with van der Waals surface area (Å²) in [7, 11) is 0. The van der Waals surface area contributed by atoms with Gasteiger partial charge in [-0.05, 0) is 55.4 Å². The van der Waals surface area contributed by atoms with Gasteiger partial charge in [-0.15, -0.1) is 0 Å². The number of hydrogen-bond acceptors (Lipinski definition) is 4. The molecule has 2 aromatic carbocycles. The summed E-state index contributed by atoms with van der Waals surface area (Å²) >= 11 is 5.22. The van der Waals surface area contributed by atoms with Crippen LogP contribution in [0.3, 0.4) is 0 Å². The van der Waals surface area contributed by atoms with E-state index in [0.717, 1.165) is 11.1 Å². The van der Waals surface area contributed by atoms with Crippen molar-refractivity contribution in [2.45, 2.75) is 13.8 Å². The summed E-state index contributed by atoms with van der Waals surface area (Å²) in [5.74, 6) is -0.335. The van der Waals surface area contributed by atoms with Crippen LogP contribution in [0.15, 0.2) is 54.1 Å². The highest BCUT2D eigenvalue weighted by molar-refractivity contribution is 7.80. The van der Waals surface area contributed by atoms with Crippen LogP contribution in [0.25, 0.3) is 6.08 Å². The Hall–Kier alpha value is -2.99. The Bertz CT molecular complexity index is 921. The maximum absolute atomic E-state index is 13.0. The molecule has 0 aliphatic carbocycles. The number of hydrogen-bond donors (Lipinski definition) is 1. The van der Waals surface area contributed by atoms with Crippen molar-refractivity contribution in [3.05, 3.63) is 65.2 Å². The molecule has 132 valence electrons. The number of nitrogens with zero attached hydrogens (tertiary/aromatic N) is 1. The summed E-state index contributed by atoms with van der Waals surface area (Å²) in [6.07, 6.45) is 1.59. The average Bonchev–Trinajstić information content (AvgIpc) is 2.60. The number of aryl methyl sites for hydroxylation is 1. The fourth-order valence-corrected chi connectivity index (χ4v) is 2.96. The number of carbonyl (C=O) groups is 2. The highest BCUT2D eigenvalue weighted by Gasteiger charge is 2.34. The van der Waals surface area contributed by atoms with Gasteiger partial charge in [0.05, 0.1) is 12.3 Å². The molecule has 2 aromatic rings. The first kappa shape index (κ1) is 17.8. The Morgan fingerprint density at radius 3 is 2.65 bits per heavy atom. The van der Waals surface area contributed by atoms with Crippen molar-refractivity contribution in [2.75, 3.05) is 11.5 Å². The number of rotatable bonds is 4. The topological polar surface area (TPSA) is 58.6 Å². The van der Waals surface area contributed by atoms with E-state index >= 15 is 0 Å². The first-order valence-corrected chi connectivity index (χ1v) is 8.62. The molecule has 1 fully saturated rings. The SMILES string of the molecule is CCOc1cccc(N2C(=O)/C(=C/c3ccccc3C)C(=O)NC2=S)c1. The maximum atomic E-state index is 13.0. The standard InChI is InChI=1S/C20H18N2O3S/c1-3-25-16-10-6-9-15(12-16)22-19(24)17(18(23)21-20(22)26)11-14-8-5-4-7-13(14)2/h4-12H,3H2,1-2H3,(H,21,23,26)/b17-11+. The Kier molecular flexibility index (Phi) is 5.14. The van der Waals surface area contributed by atoms with Crippen LogP contribution in [0.4, 0.5) is 5.69 Å². The smallest absolute Gasteiger partial charge is 0.270 e. The van der Waals surface area contributed by atoms with E-state index in [-0.39, 0.29) is 10.7 Å². The van der Waals surface area contributed by atoms with Gasteiger partial charge < -0.3 is 4.74 Å². The lowest BCUT2D eigenvalue weighted by atomic mass is 10.0. The molecule has 0 unspecified atom stereocenters. The van der Waals surface area contributed by atoms with E-state index in [1.165, 1.54) is 4.90 Å². The molecule has 3 rings (SSSR count). The van der Waals surface area contributed by atoms with Crippen molar-refractivity contribution in [1.82, 2.24) is 5.32 Å². The third kappa shape index (κ3) is 3.50. The van der Waals surface area contributed by atoms with Gasteiger partial charge in [-0.3, -0.25) is 19.8 Å². The van der Waals surface area contributed by atoms with Crippen molar-refractivity contribution in [1.29, 1.82) is 0 Å². The fraction of sp³-hybridized carbons (Fsp3) is 0.150. The summed E-state index contributed by atoms with van der Waals surface area (Å²) in [6, 6.07) is 14.6. The number of carbonyl (C=O) groups excluding carboxylic acids is 2. The van der Waals surface area contributed by atoms with E-state index < -0.39 is 11.8 Å². The molecule has 0 bridgehead atoms. The third-order valence-corrected chi connectivity index (χ3v) is 4.26. The summed E-state index contributed by atoms with van der Waals surface area (Å²) in [6.45, 7) is 4.31. The molecule has 5 nitrogen and oxygen atoms in total. The summed E-state index contributed by atoms with van der Waals surface area (Å²) in [4.78, 5) is 26.6. The number of thiocarbonyl (C=S) groups is 1. The first-order valence-electron chi connectivity index (χ1n) is 8.21. The van der Waals surface area contributed by atoms with Crippen LogP contribution in [0.2, 0.25) is 0 Å². The normalized spacial score (nSPS) is 16.0. The number of anilines is 1. The monoisotopic (exact) mass is 366 g/mol. The van der Waals surface area contributed by atoms with Crippen molar-refractivity contribution in [3.63, 3.8) is 0 Å². The van der Waals surface area contributed by atoms with Gasteiger partial charge in [0.15, 0.2) is 5.11 Å². The molecule has 1 saturated heterocycles. The Morgan fingerprint density at radius 2 is 1.92 bits per heavy atom. The van der Waals surface area contributed by atoms with Crippen molar-refractivity contribution < 1.29 is 14.3 Å². The second-order valence-electron chi connectivity index (χ2n) is 5.74. The van der Waals surface area contributed by atoms with Crippen LogP contribution in [-0.2, 0) is 9.59 Å². The summed E-state index contributed by atoms with van der Waals surface area (Å²) in [5.41, 5.74) is 2.36. The highest BCUT2D eigenvalue weighted by atomic mass is 32.1. The van der Waals surface area contributed by atoms with Gasteiger partial charge in [0.25, 0.3) is 11.8 Å². The molecule has 2 amide bonds. The van der Waals surface area contributed by atoms with Gasteiger partial charge in [-0.1, -0.05) is 30.3 Å². The van der Waals surface area contributed by atoms with E-state index in [1.807, 2.05) is 38.1 Å². The van der Waals surface area contributed by atoms with Gasteiger partial charge in [0, 0.05) is 6.07 Å². The second-order valence-corrected chi connectivity index (χ2v) is 6.13. The van der Waals surface area contributed by atoms with E-state index in [0.29, 0.717) is 18.0 Å². The van der Waals surface area contributed by atoms with Crippen molar-refractivity contribution in [2.24, 2.45) is 0 Å². The first-order chi connectivity index (χ1) is 12.5. The minimum Gasteiger partial charge on any atom is -0.494 e. The van der Waals surface area contributed by atoms with Crippen LogP contribution < -0.4 is 15.0 Å². The van der Waals surface area contributed by atoms with Crippen LogP contribution in [0.1, 0.15) is 18.1 Å². The predicted octanol–water partition coefficient (Wildman–Crippen LogP) is 3.23. The number of nitrogens with one attached hydrogen (secondary N) is 1. The molecular formula is C20H18N2O3S. The lowest BCUT2D eigenvalue weighted by Crippen LogP contribution is -2.54. The highest BCUT2D eigenvalue weighted by Crippen LogP contribution is 2.26. The average molecular weight is 366 g/mol. The van der Waals surface area contributed by atoms with Crippen LogP contribution >= 0.6 is 12.2 Å². The zero-order chi connectivity index (χ0) is 18.7. The Morgan fingerprint density at radius 1 is 1.15 bits per heavy atom. The Balaban J connectivity index is 2.01. The molecule has 0 atom stereocenters. The number of amides is 2. The van der Waals surface area contributed by atoms with E-state index in [1.54, 1.807) is 30.3 Å². The molecule has 1 aliphatic heterocycles. The van der Waals surface area contributed by atoms with Gasteiger partial charge in [-0.25, -0.2) is 0 Å². The quantitative estimate of drug-likeness (QED) is 0.513.